The Morgan fingerprint density at radius 1 is 0.446 bits per heavy atom. The smallest absolute Gasteiger partial charge is 0.220 e. The van der Waals surface area contributed by atoms with Crippen molar-refractivity contribution in [3.8, 4) is 0 Å². The van der Waals surface area contributed by atoms with E-state index in [1.807, 2.05) is 12.2 Å². The van der Waals surface area contributed by atoms with Gasteiger partial charge in [-0.2, -0.15) is 0 Å². The molecule has 0 aromatic rings. The molecule has 0 radical (unpaired) electrons. The van der Waals surface area contributed by atoms with Crippen LogP contribution in [0.25, 0.3) is 0 Å². The Morgan fingerprint density at radius 3 is 1.33 bits per heavy atom. The van der Waals surface area contributed by atoms with Crippen LogP contribution < -0.4 is 5.32 Å². The van der Waals surface area contributed by atoms with Crippen LogP contribution in [-0.4, -0.2) is 140 Å². The van der Waals surface area contributed by atoms with Gasteiger partial charge in [0.25, 0.3) is 0 Å². The molecule has 2 rings (SSSR count). The quantitative estimate of drug-likeness (QED) is 0.0204. The van der Waals surface area contributed by atoms with Crippen molar-refractivity contribution >= 4 is 5.91 Å². The highest BCUT2D eigenvalue weighted by Gasteiger charge is 2.51. The number of hydrogen-bond acceptors (Lipinski definition) is 13. The van der Waals surface area contributed by atoms with Gasteiger partial charge in [-0.05, 0) is 96.3 Å². The van der Waals surface area contributed by atoms with Crippen LogP contribution in [0.4, 0.5) is 0 Å². The van der Waals surface area contributed by atoms with E-state index in [0.717, 1.165) is 70.6 Å². The fraction of sp³-hybridized carbons (Fsp3) is 0.667. The summed E-state index contributed by atoms with van der Waals surface area (Å²) in [5, 5.41) is 87.2. The molecule has 14 heteroatoms. The lowest BCUT2D eigenvalue weighted by atomic mass is 9.97. The van der Waals surface area contributed by atoms with Crippen molar-refractivity contribution in [3.63, 3.8) is 0 Å². The van der Waals surface area contributed by atoms with Gasteiger partial charge in [0, 0.05) is 6.42 Å². The summed E-state index contributed by atoms with van der Waals surface area (Å²) in [6.07, 6.45) is 60.7. The zero-order valence-corrected chi connectivity index (χ0v) is 50.9. The summed E-state index contributed by atoms with van der Waals surface area (Å²) in [6, 6.07) is -0.974. The second kappa shape index (κ2) is 52.5. The summed E-state index contributed by atoms with van der Waals surface area (Å²) in [5.74, 6) is -0.312. The van der Waals surface area contributed by atoms with E-state index in [1.54, 1.807) is 6.08 Å². The number of carbonyl (C=O) groups excluding carboxylic acids is 1. The number of unbranched alkanes of at least 4 members (excludes halogenated alkanes) is 16. The van der Waals surface area contributed by atoms with Crippen molar-refractivity contribution < 1.29 is 64.6 Å². The molecule has 472 valence electrons. The van der Waals surface area contributed by atoms with Crippen molar-refractivity contribution in [2.24, 2.45) is 0 Å². The first-order valence-corrected chi connectivity index (χ1v) is 31.9. The predicted octanol–water partition coefficient (Wildman–Crippen LogP) is 11.9. The van der Waals surface area contributed by atoms with Crippen LogP contribution in [0.5, 0.6) is 0 Å². The first-order chi connectivity index (χ1) is 40.6. The van der Waals surface area contributed by atoms with Gasteiger partial charge in [-0.1, -0.05) is 231 Å². The number of hydrogen-bond donors (Lipinski definition) is 9. The van der Waals surface area contributed by atoms with Gasteiger partial charge in [0.15, 0.2) is 12.6 Å². The standard InChI is InChI=1S/C69H113NO13/c1-3-5-7-9-11-13-15-17-19-21-23-25-26-27-28-29-30-31-32-33-35-37-39-41-43-45-47-49-51-53-61(74)70-57(58(73)52-50-48-46-44-42-40-38-36-34-24-22-20-18-16-14-12-10-8-6-4-2)56-80-68-66(79)64(77)67(60(55-72)82-68)83-69-65(78)63(76)62(75)59(54-71)81-69/h5,7,11,13,17,19,23,25,27-28,30-31,33,35,39,41-42,44-45,47,50,52,57-60,62-69,71-73,75-79H,3-4,6,8-10,12,14-16,18,20-22,24,26,29,32,34,36-38,40,43,46,48-49,51,53-56H2,1-2H3,(H,70,74)/b7-5-,13-11-,19-17-,25-23-,28-27-,31-30-,35-33-,41-39-,44-42+,47-45-,52-50+. The molecule has 2 aliphatic heterocycles. The van der Waals surface area contributed by atoms with Crippen LogP contribution in [0.1, 0.15) is 200 Å². The predicted molar refractivity (Wildman–Crippen MR) is 336 cm³/mol. The summed E-state index contributed by atoms with van der Waals surface area (Å²) in [7, 11) is 0. The largest absolute Gasteiger partial charge is 0.394 e. The number of allylic oxidation sites excluding steroid dienone is 21. The number of rotatable bonds is 49. The molecule has 14 nitrogen and oxygen atoms in total. The van der Waals surface area contributed by atoms with E-state index < -0.39 is 86.8 Å². The molecule has 12 atom stereocenters. The molecular weight excluding hydrogens is 1050 g/mol. The molecule has 2 fully saturated rings. The molecule has 2 saturated heterocycles. The van der Waals surface area contributed by atoms with Gasteiger partial charge in [0.1, 0.15) is 48.8 Å². The van der Waals surface area contributed by atoms with Gasteiger partial charge in [-0.25, -0.2) is 0 Å². The third kappa shape index (κ3) is 37.3. The van der Waals surface area contributed by atoms with Gasteiger partial charge < -0.3 is 65.1 Å². The van der Waals surface area contributed by atoms with Crippen LogP contribution in [-0.2, 0) is 23.7 Å². The van der Waals surface area contributed by atoms with Gasteiger partial charge in [0.05, 0.1) is 32.0 Å². The first-order valence-electron chi connectivity index (χ1n) is 31.9. The van der Waals surface area contributed by atoms with Gasteiger partial charge in [-0.15, -0.1) is 0 Å². The summed E-state index contributed by atoms with van der Waals surface area (Å²) in [5.41, 5.74) is 0. The highest BCUT2D eigenvalue weighted by molar-refractivity contribution is 5.76. The van der Waals surface area contributed by atoms with Crippen LogP contribution in [0.3, 0.4) is 0 Å². The highest BCUT2D eigenvalue weighted by Crippen LogP contribution is 2.30. The van der Waals surface area contributed by atoms with E-state index in [-0.39, 0.29) is 18.9 Å². The average Bonchev–Trinajstić information content (AvgIpc) is 3.65. The van der Waals surface area contributed by atoms with Gasteiger partial charge >= 0.3 is 0 Å². The normalized spacial score (nSPS) is 24.7. The number of nitrogens with one attached hydrogen (secondary N) is 1. The Bertz CT molecular complexity index is 1900. The van der Waals surface area contributed by atoms with Crippen molar-refractivity contribution in [2.75, 3.05) is 19.8 Å². The summed E-state index contributed by atoms with van der Waals surface area (Å²) >= 11 is 0. The molecular formula is C69H113NO13. The fourth-order valence-corrected chi connectivity index (χ4v) is 9.48. The number of amides is 1. The molecule has 2 aliphatic rings. The zero-order chi connectivity index (χ0) is 60.2. The molecule has 83 heavy (non-hydrogen) atoms. The van der Waals surface area contributed by atoms with E-state index >= 15 is 0 Å². The van der Waals surface area contributed by atoms with Crippen LogP contribution >= 0.6 is 0 Å². The summed E-state index contributed by atoms with van der Waals surface area (Å²) < 4.78 is 22.7. The van der Waals surface area contributed by atoms with Gasteiger partial charge in [-0.3, -0.25) is 4.79 Å². The second-order valence-electron chi connectivity index (χ2n) is 21.8. The molecule has 9 N–H and O–H groups in total. The highest BCUT2D eigenvalue weighted by atomic mass is 16.7. The van der Waals surface area contributed by atoms with Crippen molar-refractivity contribution in [3.05, 3.63) is 134 Å². The maximum atomic E-state index is 13.3. The minimum absolute atomic E-state index is 0.184. The van der Waals surface area contributed by atoms with Crippen LogP contribution in [0, 0.1) is 0 Å². The lowest BCUT2D eigenvalue weighted by molar-refractivity contribution is -0.359. The Hall–Kier alpha value is -3.87. The SMILES string of the molecule is CC/C=C\C/C=C\C/C=C\C/C=C\C/C=C\C/C=C\C/C=C\C/C=C\C/C=C\CCCC(=O)NC(COC1OC(CO)C(OC2OC(CO)C(O)C(O)C2O)C(O)C1O)C(O)/C=C/CC/C=C/CCCCCCCCCCCCCCCC. The number of carbonyl (C=O) groups is 1. The monoisotopic (exact) mass is 1160 g/mol. The fourth-order valence-electron chi connectivity index (χ4n) is 9.48. The van der Waals surface area contributed by atoms with E-state index in [4.69, 9.17) is 18.9 Å². The van der Waals surface area contributed by atoms with E-state index in [2.05, 4.69) is 135 Å². The average molecular weight is 1160 g/mol. The molecule has 0 saturated carbocycles. The van der Waals surface area contributed by atoms with E-state index in [9.17, 15) is 45.6 Å². The molecule has 0 aromatic heterocycles. The minimum atomic E-state index is -1.80. The minimum Gasteiger partial charge on any atom is -0.394 e. The lowest BCUT2D eigenvalue weighted by Crippen LogP contribution is -2.65. The topological polar surface area (TPSA) is 228 Å². The van der Waals surface area contributed by atoms with Crippen molar-refractivity contribution in [2.45, 2.75) is 274 Å². The Kier molecular flexibility index (Phi) is 47.5. The van der Waals surface area contributed by atoms with Crippen molar-refractivity contribution in [1.29, 1.82) is 0 Å². The van der Waals surface area contributed by atoms with E-state index in [0.29, 0.717) is 19.3 Å². The van der Waals surface area contributed by atoms with Crippen molar-refractivity contribution in [1.82, 2.24) is 5.32 Å². The Labute approximate surface area is 500 Å². The Morgan fingerprint density at radius 2 is 0.843 bits per heavy atom. The Balaban J connectivity index is 1.79. The molecule has 1 amide bonds. The number of ether oxygens (including phenoxy) is 4. The molecule has 0 aromatic carbocycles. The number of aliphatic hydroxyl groups excluding tert-OH is 8. The van der Waals surface area contributed by atoms with Gasteiger partial charge in [0.2, 0.25) is 5.91 Å². The lowest BCUT2D eigenvalue weighted by Gasteiger charge is -2.46. The van der Waals surface area contributed by atoms with Crippen LogP contribution in [0.2, 0.25) is 0 Å². The maximum Gasteiger partial charge on any atom is 0.220 e. The summed E-state index contributed by atoms with van der Waals surface area (Å²) in [6.45, 7) is 2.62. The molecule has 12 unspecified atom stereocenters. The molecule has 0 aliphatic carbocycles. The summed E-state index contributed by atoms with van der Waals surface area (Å²) in [4.78, 5) is 13.3. The maximum absolute atomic E-state index is 13.3. The zero-order valence-electron chi connectivity index (χ0n) is 50.9. The van der Waals surface area contributed by atoms with E-state index in [1.165, 1.54) is 89.9 Å². The third-order valence-electron chi connectivity index (χ3n) is 14.6. The molecule has 0 bridgehead atoms. The van der Waals surface area contributed by atoms with Crippen LogP contribution in [0.15, 0.2) is 134 Å². The number of aliphatic hydroxyl groups is 8. The molecule has 2 heterocycles. The second-order valence-corrected chi connectivity index (χ2v) is 21.8. The first kappa shape index (κ1) is 75.2. The third-order valence-corrected chi connectivity index (χ3v) is 14.6. The molecule has 0 spiro atoms.